The number of rotatable bonds is 9. The van der Waals surface area contributed by atoms with Crippen molar-refractivity contribution in [3.8, 4) is 11.8 Å². The van der Waals surface area contributed by atoms with Gasteiger partial charge in [-0.05, 0) is 55.0 Å². The number of carbonyl (C=O) groups is 1. The van der Waals surface area contributed by atoms with Gasteiger partial charge in [0.05, 0.1) is 23.8 Å². The molecule has 3 aromatic rings. The largest absolute Gasteiger partial charge is 0.490 e. The maximum absolute atomic E-state index is 13.5. The molecule has 1 saturated carbocycles. The Morgan fingerprint density at radius 1 is 1.28 bits per heavy atom. The first-order valence-corrected chi connectivity index (χ1v) is 13.6. The van der Waals surface area contributed by atoms with Crippen molar-refractivity contribution < 1.29 is 9.53 Å². The number of nitriles is 1. The van der Waals surface area contributed by atoms with Crippen LogP contribution in [0.25, 0.3) is 0 Å². The number of benzene rings is 1. The summed E-state index contributed by atoms with van der Waals surface area (Å²) >= 11 is 0. The predicted octanol–water partition coefficient (Wildman–Crippen LogP) is 4.49. The van der Waals surface area contributed by atoms with E-state index in [0.29, 0.717) is 42.8 Å². The number of hydrogen-bond donors (Lipinski definition) is 2. The molecule has 204 valence electrons. The summed E-state index contributed by atoms with van der Waals surface area (Å²) in [5.74, 6) is 2.24. The number of aromatic nitrogens is 4. The summed E-state index contributed by atoms with van der Waals surface area (Å²) in [6.07, 6.45) is 3.87. The lowest BCUT2D eigenvalue weighted by atomic mass is 9.57. The Morgan fingerprint density at radius 2 is 2.08 bits per heavy atom. The van der Waals surface area contributed by atoms with Gasteiger partial charge < -0.3 is 19.9 Å². The molecular formula is C30H37N7O2. The Bertz CT molecular complexity index is 1410. The first kappa shape index (κ1) is 26.8. The van der Waals surface area contributed by atoms with Crippen LogP contribution in [0.4, 0.5) is 5.69 Å². The van der Waals surface area contributed by atoms with Crippen LogP contribution < -0.4 is 15.4 Å². The van der Waals surface area contributed by atoms with E-state index >= 15 is 0 Å². The molecule has 1 aromatic carbocycles. The van der Waals surface area contributed by atoms with Crippen molar-refractivity contribution in [3.63, 3.8) is 0 Å². The fraction of sp³-hybridized carbons (Fsp3) is 0.500. The number of nitrogens with one attached hydrogen (secondary N) is 2. The number of pyridine rings is 1. The lowest BCUT2D eigenvalue weighted by Crippen LogP contribution is -2.44. The molecule has 0 radical (unpaired) electrons. The van der Waals surface area contributed by atoms with Crippen LogP contribution in [-0.4, -0.2) is 38.8 Å². The molecule has 0 atom stereocenters. The predicted molar refractivity (Wildman–Crippen MR) is 148 cm³/mol. The average Bonchev–Trinajstić information content (AvgIpc) is 3.43. The molecule has 9 heteroatoms. The second-order valence-corrected chi connectivity index (χ2v) is 12.1. The van der Waals surface area contributed by atoms with E-state index in [1.165, 1.54) is 0 Å². The molecule has 39 heavy (non-hydrogen) atoms. The zero-order chi connectivity index (χ0) is 27.8. The highest BCUT2D eigenvalue weighted by Gasteiger charge is 2.49. The van der Waals surface area contributed by atoms with Gasteiger partial charge in [0.2, 0.25) is 0 Å². The molecule has 1 aliphatic carbocycles. The van der Waals surface area contributed by atoms with Crippen molar-refractivity contribution in [3.05, 3.63) is 65.0 Å². The zero-order valence-corrected chi connectivity index (χ0v) is 23.4. The number of anilines is 1. The molecule has 9 nitrogen and oxygen atoms in total. The Labute approximate surface area is 230 Å². The third-order valence-corrected chi connectivity index (χ3v) is 7.84. The topological polar surface area (TPSA) is 118 Å². The zero-order valence-electron chi connectivity index (χ0n) is 23.4. The highest BCUT2D eigenvalue weighted by atomic mass is 16.5. The molecule has 0 saturated heterocycles. The summed E-state index contributed by atoms with van der Waals surface area (Å²) in [6.45, 7) is 10.5. The monoisotopic (exact) mass is 527 g/mol. The number of amides is 1. The van der Waals surface area contributed by atoms with E-state index in [4.69, 9.17) is 9.72 Å². The maximum Gasteiger partial charge on any atom is 0.274 e. The van der Waals surface area contributed by atoms with Crippen LogP contribution in [0.15, 0.2) is 36.7 Å². The molecule has 1 fully saturated rings. The number of nitrogens with zero attached hydrogens (tertiary/aromatic N) is 5. The van der Waals surface area contributed by atoms with E-state index < -0.39 is 0 Å². The minimum absolute atomic E-state index is 0.258. The van der Waals surface area contributed by atoms with E-state index in [2.05, 4.69) is 60.7 Å². The van der Waals surface area contributed by atoms with Crippen molar-refractivity contribution in [2.24, 2.45) is 18.9 Å². The quantitative estimate of drug-likeness (QED) is 0.421. The van der Waals surface area contributed by atoms with Gasteiger partial charge in [0, 0.05) is 36.7 Å². The summed E-state index contributed by atoms with van der Waals surface area (Å²) in [7, 11) is 1.94. The van der Waals surface area contributed by atoms with Gasteiger partial charge in [-0.3, -0.25) is 4.79 Å². The molecule has 1 aliphatic heterocycles. The second-order valence-electron chi connectivity index (χ2n) is 12.1. The summed E-state index contributed by atoms with van der Waals surface area (Å²) in [5, 5.41) is 24.3. The van der Waals surface area contributed by atoms with Crippen molar-refractivity contribution in [2.75, 3.05) is 18.5 Å². The lowest BCUT2D eigenvalue weighted by molar-refractivity contribution is 0.102. The Morgan fingerprint density at radius 3 is 2.77 bits per heavy atom. The number of hydrogen-bond acceptors (Lipinski definition) is 7. The molecular weight excluding hydrogens is 490 g/mol. The smallest absolute Gasteiger partial charge is 0.274 e. The summed E-state index contributed by atoms with van der Waals surface area (Å²) < 4.78 is 7.98. The van der Waals surface area contributed by atoms with E-state index in [0.717, 1.165) is 47.8 Å². The van der Waals surface area contributed by atoms with Gasteiger partial charge in [-0.25, -0.2) is 4.98 Å². The van der Waals surface area contributed by atoms with E-state index in [-0.39, 0.29) is 16.7 Å². The molecule has 0 spiro atoms. The third-order valence-electron chi connectivity index (χ3n) is 7.84. The van der Waals surface area contributed by atoms with Gasteiger partial charge in [-0.1, -0.05) is 39.8 Å². The third kappa shape index (κ3) is 5.13. The number of aryl methyl sites for hydroxylation is 1. The van der Waals surface area contributed by atoms with E-state index in [9.17, 15) is 10.1 Å². The number of ether oxygens (including phenoxy) is 1. The fourth-order valence-corrected chi connectivity index (χ4v) is 5.82. The van der Waals surface area contributed by atoms with Crippen molar-refractivity contribution in [1.82, 2.24) is 25.1 Å². The first-order valence-electron chi connectivity index (χ1n) is 13.6. The molecule has 5 rings (SSSR count). The number of carbonyl (C=O) groups excluding carboxylic acids is 1. The minimum atomic E-state index is -0.337. The first-order chi connectivity index (χ1) is 18.6. The van der Waals surface area contributed by atoms with Gasteiger partial charge in [0.15, 0.2) is 0 Å². The fourth-order valence-electron chi connectivity index (χ4n) is 5.82. The highest BCUT2D eigenvalue weighted by Crippen LogP contribution is 2.53. The molecule has 0 unspecified atom stereocenters. The van der Waals surface area contributed by atoms with Gasteiger partial charge in [0.25, 0.3) is 5.91 Å². The average molecular weight is 528 g/mol. The number of fused-ring (bicyclic) bond motifs is 1. The Balaban J connectivity index is 1.42. The van der Waals surface area contributed by atoms with E-state index in [1.807, 2.05) is 35.9 Å². The molecule has 0 bridgehead atoms. The molecule has 1 amide bonds. The van der Waals surface area contributed by atoms with Gasteiger partial charge in [-0.2, -0.15) is 5.26 Å². The van der Waals surface area contributed by atoms with Gasteiger partial charge >= 0.3 is 0 Å². The molecule has 2 aliphatic rings. The van der Waals surface area contributed by atoms with Crippen molar-refractivity contribution in [1.29, 1.82) is 5.26 Å². The summed E-state index contributed by atoms with van der Waals surface area (Å²) in [4.78, 5) is 18.3. The standard InChI is InChI=1S/C30H37N7O2/c1-19(2)15-32-16-21-11-24(35-26-25(21)39-17-29(26,3)4)27(38)34-23-8-6-7-22(12-23)30(13-20(14-30)9-10-31)28-36-33-18-37(28)5/h6-8,11-12,18-20,32H,9,13-17H2,1-5H3,(H,34,38). The van der Waals surface area contributed by atoms with Gasteiger partial charge in [-0.15, -0.1) is 10.2 Å². The van der Waals surface area contributed by atoms with Crippen LogP contribution in [0.3, 0.4) is 0 Å². The normalized spacial score (nSPS) is 21.1. The maximum atomic E-state index is 13.5. The van der Waals surface area contributed by atoms with Crippen LogP contribution in [-0.2, 0) is 24.4 Å². The van der Waals surface area contributed by atoms with E-state index in [1.54, 1.807) is 6.33 Å². The summed E-state index contributed by atoms with van der Waals surface area (Å²) in [5.41, 5.74) is 3.29. The second kappa shape index (κ2) is 10.4. The van der Waals surface area contributed by atoms with Crippen LogP contribution in [0, 0.1) is 23.2 Å². The van der Waals surface area contributed by atoms with Gasteiger partial charge in [0.1, 0.15) is 23.6 Å². The van der Waals surface area contributed by atoms with Crippen LogP contribution in [0.5, 0.6) is 5.75 Å². The highest BCUT2D eigenvalue weighted by molar-refractivity contribution is 6.03. The van der Waals surface area contributed by atoms with Crippen molar-refractivity contribution in [2.45, 2.75) is 64.3 Å². The van der Waals surface area contributed by atoms with Crippen LogP contribution in [0.1, 0.15) is 80.1 Å². The minimum Gasteiger partial charge on any atom is -0.490 e. The lowest BCUT2D eigenvalue weighted by Gasteiger charge is -2.46. The van der Waals surface area contributed by atoms with Crippen LogP contribution >= 0.6 is 0 Å². The Kier molecular flexibility index (Phi) is 7.17. The molecule has 3 heterocycles. The molecule has 2 N–H and O–H groups in total. The van der Waals surface area contributed by atoms with Crippen LogP contribution in [0.2, 0.25) is 0 Å². The SMILES string of the molecule is CC(C)CNCc1cc(C(=O)Nc2cccc(C3(c4nncn4C)CC(CC#N)C3)c2)nc2c1OCC2(C)C. The van der Waals surface area contributed by atoms with Crippen molar-refractivity contribution >= 4 is 11.6 Å². The molecule has 2 aromatic heterocycles. The Hall–Kier alpha value is -3.77. The summed E-state index contributed by atoms with van der Waals surface area (Å²) in [6, 6.07) is 12.1.